The van der Waals surface area contributed by atoms with Crippen molar-refractivity contribution in [2.75, 3.05) is 20.7 Å². The first-order valence-corrected chi connectivity index (χ1v) is 9.05. The number of benzene rings is 1. The summed E-state index contributed by atoms with van der Waals surface area (Å²) >= 11 is 1.63. The minimum Gasteiger partial charge on any atom is -0.496 e. The number of amides is 2. The third kappa shape index (κ3) is 3.38. The Hall–Kier alpha value is -2.08. The number of hydrogen-bond acceptors (Lipinski definition) is 4. The second kappa shape index (κ2) is 7.21. The largest absolute Gasteiger partial charge is 0.496 e. The average Bonchev–Trinajstić information content (AvgIpc) is 3.24. The van der Waals surface area contributed by atoms with E-state index in [0.29, 0.717) is 6.54 Å². The third-order valence-corrected chi connectivity index (χ3v) is 5.52. The van der Waals surface area contributed by atoms with Crippen molar-refractivity contribution in [2.45, 2.75) is 31.7 Å². The van der Waals surface area contributed by atoms with Crippen LogP contribution in [0.2, 0.25) is 0 Å². The van der Waals surface area contributed by atoms with Gasteiger partial charge in [0.05, 0.1) is 18.2 Å². The molecule has 1 aliphatic rings. The van der Waals surface area contributed by atoms with Crippen molar-refractivity contribution >= 4 is 17.4 Å². The van der Waals surface area contributed by atoms with Gasteiger partial charge in [0.15, 0.2) is 0 Å². The molecular formula is C18H23N3O2S. The number of carbonyl (C=O) groups excluding carboxylic acids is 1. The minimum atomic E-state index is -0.0425. The number of thiazole rings is 1. The molecular weight excluding hydrogens is 322 g/mol. The normalized spacial score (nSPS) is 17.2. The van der Waals surface area contributed by atoms with Crippen molar-refractivity contribution < 1.29 is 9.53 Å². The molecule has 6 heteroatoms. The van der Waals surface area contributed by atoms with Gasteiger partial charge in [-0.2, -0.15) is 0 Å². The second-order valence-electron chi connectivity index (χ2n) is 6.22. The van der Waals surface area contributed by atoms with E-state index in [4.69, 9.17) is 4.74 Å². The molecule has 5 nitrogen and oxygen atoms in total. The molecule has 2 aromatic rings. The molecule has 1 heterocycles. The Morgan fingerprint density at radius 3 is 3.08 bits per heavy atom. The second-order valence-corrected chi connectivity index (χ2v) is 7.15. The van der Waals surface area contributed by atoms with Crippen LogP contribution in [0.5, 0.6) is 5.75 Å². The quantitative estimate of drug-likeness (QED) is 0.901. The van der Waals surface area contributed by atoms with Crippen LogP contribution in [0.4, 0.5) is 4.79 Å². The van der Waals surface area contributed by atoms with Gasteiger partial charge < -0.3 is 15.0 Å². The van der Waals surface area contributed by atoms with Crippen molar-refractivity contribution in [1.29, 1.82) is 0 Å². The molecule has 0 saturated heterocycles. The van der Waals surface area contributed by atoms with Gasteiger partial charge >= 0.3 is 6.03 Å². The number of nitrogens with one attached hydrogen (secondary N) is 1. The lowest BCUT2D eigenvalue weighted by atomic mass is 10.1. The Kier molecular flexibility index (Phi) is 5.04. The number of rotatable bonds is 5. The third-order valence-electron chi connectivity index (χ3n) is 4.51. The fourth-order valence-corrected chi connectivity index (χ4v) is 3.96. The van der Waals surface area contributed by atoms with Crippen LogP contribution < -0.4 is 10.1 Å². The topological polar surface area (TPSA) is 54.5 Å². The van der Waals surface area contributed by atoms with E-state index in [2.05, 4.69) is 23.3 Å². The van der Waals surface area contributed by atoms with Crippen molar-refractivity contribution in [2.24, 2.45) is 0 Å². The SMILES string of the molecule is COc1cccc2c1CC[C@H]2NC(=O)N(C)C[C@@H](C)c1nccs1. The highest BCUT2D eigenvalue weighted by Gasteiger charge is 2.27. The smallest absolute Gasteiger partial charge is 0.317 e. The van der Waals surface area contributed by atoms with Gasteiger partial charge in [-0.05, 0) is 30.0 Å². The fraction of sp³-hybridized carbons (Fsp3) is 0.444. The first kappa shape index (κ1) is 16.8. The van der Waals surface area contributed by atoms with Crippen LogP contribution in [0.1, 0.15) is 41.4 Å². The van der Waals surface area contributed by atoms with Crippen molar-refractivity contribution in [1.82, 2.24) is 15.2 Å². The number of carbonyl (C=O) groups is 1. The zero-order valence-electron chi connectivity index (χ0n) is 14.3. The molecule has 0 unspecified atom stereocenters. The van der Waals surface area contributed by atoms with E-state index in [1.54, 1.807) is 29.5 Å². The average molecular weight is 345 g/mol. The zero-order valence-corrected chi connectivity index (χ0v) is 15.1. The van der Waals surface area contributed by atoms with Crippen LogP contribution in [0.3, 0.4) is 0 Å². The first-order valence-electron chi connectivity index (χ1n) is 8.17. The molecule has 1 N–H and O–H groups in total. The molecule has 0 aliphatic heterocycles. The molecule has 0 spiro atoms. The Balaban J connectivity index is 1.62. The molecule has 0 bridgehead atoms. The summed E-state index contributed by atoms with van der Waals surface area (Å²) < 4.78 is 5.42. The lowest BCUT2D eigenvalue weighted by molar-refractivity contribution is 0.202. The standard InChI is InChI=1S/C18H23N3O2S/c1-12(17-19-9-10-24-17)11-21(2)18(22)20-15-8-7-14-13(15)5-4-6-16(14)23-3/h4-6,9-10,12,15H,7-8,11H2,1-3H3,(H,20,22)/t12-,15-/m1/s1. The highest BCUT2D eigenvalue weighted by atomic mass is 32.1. The lowest BCUT2D eigenvalue weighted by Crippen LogP contribution is -2.40. The number of urea groups is 1. The first-order chi connectivity index (χ1) is 11.6. The van der Waals surface area contributed by atoms with E-state index in [1.165, 1.54) is 11.1 Å². The minimum absolute atomic E-state index is 0.0425. The number of likely N-dealkylation sites (N-methyl/N-ethyl adjacent to an activating group) is 1. The van der Waals surface area contributed by atoms with Gasteiger partial charge in [-0.3, -0.25) is 0 Å². The molecule has 3 rings (SSSR count). The zero-order chi connectivity index (χ0) is 17.1. The number of aromatic nitrogens is 1. The molecule has 24 heavy (non-hydrogen) atoms. The van der Waals surface area contributed by atoms with E-state index in [-0.39, 0.29) is 18.0 Å². The van der Waals surface area contributed by atoms with E-state index in [9.17, 15) is 4.79 Å². The molecule has 1 aromatic heterocycles. The lowest BCUT2D eigenvalue weighted by Gasteiger charge is -2.23. The predicted molar refractivity (Wildman–Crippen MR) is 95.7 cm³/mol. The maximum absolute atomic E-state index is 12.5. The van der Waals surface area contributed by atoms with Crippen LogP contribution in [-0.4, -0.2) is 36.6 Å². The maximum Gasteiger partial charge on any atom is 0.317 e. The van der Waals surface area contributed by atoms with Crippen molar-refractivity contribution in [3.63, 3.8) is 0 Å². The van der Waals surface area contributed by atoms with Crippen molar-refractivity contribution in [3.05, 3.63) is 45.9 Å². The van der Waals surface area contributed by atoms with E-state index in [1.807, 2.05) is 24.6 Å². The number of hydrogen-bond donors (Lipinski definition) is 1. The fourth-order valence-electron chi connectivity index (χ4n) is 3.27. The highest BCUT2D eigenvalue weighted by Crippen LogP contribution is 2.36. The summed E-state index contributed by atoms with van der Waals surface area (Å²) in [6.45, 7) is 2.75. The summed E-state index contributed by atoms with van der Waals surface area (Å²) in [6.07, 6.45) is 3.65. The predicted octanol–water partition coefficient (Wildman–Crippen LogP) is 3.58. The van der Waals surface area contributed by atoms with E-state index in [0.717, 1.165) is 23.6 Å². The summed E-state index contributed by atoms with van der Waals surface area (Å²) in [4.78, 5) is 18.6. The highest BCUT2D eigenvalue weighted by molar-refractivity contribution is 7.09. The van der Waals surface area contributed by atoms with Gasteiger partial charge in [-0.1, -0.05) is 19.1 Å². The van der Waals surface area contributed by atoms with Gasteiger partial charge in [0.25, 0.3) is 0 Å². The Morgan fingerprint density at radius 2 is 2.38 bits per heavy atom. The summed E-state index contributed by atoms with van der Waals surface area (Å²) in [6, 6.07) is 6.05. The van der Waals surface area contributed by atoms with Crippen LogP contribution >= 0.6 is 11.3 Å². The summed E-state index contributed by atoms with van der Waals surface area (Å²) in [5, 5.41) is 6.18. The van der Waals surface area contributed by atoms with Crippen LogP contribution in [0.15, 0.2) is 29.8 Å². The summed E-state index contributed by atoms with van der Waals surface area (Å²) in [5.41, 5.74) is 2.38. The molecule has 2 atom stereocenters. The van der Waals surface area contributed by atoms with Crippen LogP contribution in [-0.2, 0) is 6.42 Å². The Labute approximate surface area is 146 Å². The molecule has 128 valence electrons. The van der Waals surface area contributed by atoms with Crippen LogP contribution in [0, 0.1) is 0 Å². The van der Waals surface area contributed by atoms with E-state index >= 15 is 0 Å². The van der Waals surface area contributed by atoms with E-state index < -0.39 is 0 Å². The number of ether oxygens (including phenoxy) is 1. The summed E-state index contributed by atoms with van der Waals surface area (Å²) in [5.74, 6) is 1.15. The van der Waals surface area contributed by atoms with Crippen molar-refractivity contribution in [3.8, 4) is 5.75 Å². The molecule has 0 fully saturated rings. The molecule has 1 aliphatic carbocycles. The number of nitrogens with zero attached hydrogens (tertiary/aromatic N) is 2. The van der Waals surface area contributed by atoms with Crippen LogP contribution in [0.25, 0.3) is 0 Å². The maximum atomic E-state index is 12.5. The number of fused-ring (bicyclic) bond motifs is 1. The molecule has 0 radical (unpaired) electrons. The number of methoxy groups -OCH3 is 1. The van der Waals surface area contributed by atoms with Gasteiger partial charge in [-0.25, -0.2) is 9.78 Å². The monoisotopic (exact) mass is 345 g/mol. The van der Waals surface area contributed by atoms with Gasteiger partial charge in [0, 0.05) is 31.1 Å². The molecule has 0 saturated carbocycles. The molecule has 2 amide bonds. The van der Waals surface area contributed by atoms with Gasteiger partial charge in [0.1, 0.15) is 5.75 Å². The van der Waals surface area contributed by atoms with Gasteiger partial charge in [-0.15, -0.1) is 11.3 Å². The summed E-state index contributed by atoms with van der Waals surface area (Å²) in [7, 11) is 3.52. The Morgan fingerprint density at radius 1 is 1.54 bits per heavy atom. The Bertz CT molecular complexity index is 702. The molecule has 1 aromatic carbocycles. The van der Waals surface area contributed by atoms with Gasteiger partial charge in [0.2, 0.25) is 0 Å².